The molecule has 9 nitrogen and oxygen atoms in total. The van der Waals surface area contributed by atoms with Crippen molar-refractivity contribution >= 4 is 16.1 Å². The fourth-order valence-corrected chi connectivity index (χ4v) is 7.41. The molecule has 0 spiro atoms. The molecule has 3 aromatic carbocycles. The second kappa shape index (κ2) is 12.2. The van der Waals surface area contributed by atoms with Gasteiger partial charge in [0.2, 0.25) is 6.23 Å². The molecule has 5 aliphatic rings. The first-order valence-electron chi connectivity index (χ1n) is 14.1. The summed E-state index contributed by atoms with van der Waals surface area (Å²) >= 11 is 0. The van der Waals surface area contributed by atoms with Gasteiger partial charge in [-0.05, 0) is 84.0 Å². The highest BCUT2D eigenvalue weighted by molar-refractivity contribution is 7.86. The van der Waals surface area contributed by atoms with E-state index >= 15 is 0 Å². The SMILES string of the molecule is CCC1CC(S(=O)(=O)O)C2C=C(C(O)c3ccc(O)cc3)CCC2c2ccc(cc2)C(N=C(N)N)Oc2ccc1cc2. The predicted octanol–water partition coefficient (Wildman–Crippen LogP) is 5.05. The van der Waals surface area contributed by atoms with E-state index in [9.17, 15) is 23.2 Å². The third-order valence-corrected chi connectivity index (χ3v) is 9.78. The summed E-state index contributed by atoms with van der Waals surface area (Å²) in [6.45, 7) is 1.99. The van der Waals surface area contributed by atoms with Crippen LogP contribution in [0.4, 0.5) is 0 Å². The Balaban J connectivity index is 1.65. The summed E-state index contributed by atoms with van der Waals surface area (Å²) in [5.74, 6) is -0.478. The quantitative estimate of drug-likeness (QED) is 0.119. The van der Waals surface area contributed by atoms with Crippen LogP contribution >= 0.6 is 0 Å². The molecule has 42 heavy (non-hydrogen) atoms. The number of aliphatic imine (C=N–C) groups is 1. The van der Waals surface area contributed by atoms with Crippen LogP contribution in [0.25, 0.3) is 0 Å². The number of nitrogens with two attached hydrogens (primary N) is 2. The minimum absolute atomic E-state index is 0.0893. The van der Waals surface area contributed by atoms with Gasteiger partial charge in [0.05, 0.1) is 5.25 Å². The van der Waals surface area contributed by atoms with E-state index in [1.54, 1.807) is 24.3 Å². The highest BCUT2D eigenvalue weighted by Crippen LogP contribution is 2.46. The van der Waals surface area contributed by atoms with Gasteiger partial charge >= 0.3 is 0 Å². The number of allylic oxidation sites excluding steroid dienone is 1. The fraction of sp³-hybridized carbons (Fsp3) is 0.344. The van der Waals surface area contributed by atoms with Gasteiger partial charge in [0.25, 0.3) is 10.1 Å². The van der Waals surface area contributed by atoms with Crippen LogP contribution in [-0.2, 0) is 10.1 Å². The zero-order chi connectivity index (χ0) is 30.0. The van der Waals surface area contributed by atoms with Crippen LogP contribution in [0, 0.1) is 5.92 Å². The number of phenols is 1. The van der Waals surface area contributed by atoms with Crippen LogP contribution < -0.4 is 16.2 Å². The van der Waals surface area contributed by atoms with Crippen LogP contribution in [0.1, 0.15) is 79.0 Å². The summed E-state index contributed by atoms with van der Waals surface area (Å²) in [7, 11) is -4.49. The van der Waals surface area contributed by atoms with Gasteiger partial charge < -0.3 is 26.4 Å². The number of ether oxygens (including phenoxy) is 1. The van der Waals surface area contributed by atoms with Gasteiger partial charge in [0, 0.05) is 11.5 Å². The van der Waals surface area contributed by atoms with Crippen LogP contribution in [0.3, 0.4) is 0 Å². The summed E-state index contributed by atoms with van der Waals surface area (Å²) in [5.41, 5.74) is 15.2. The molecular weight excluding hydrogens is 554 g/mol. The summed E-state index contributed by atoms with van der Waals surface area (Å²) in [6.07, 6.45) is 2.04. The number of hydrogen-bond acceptors (Lipinski definition) is 6. The smallest absolute Gasteiger partial charge is 0.268 e. The maximum Gasteiger partial charge on any atom is 0.268 e. The van der Waals surface area contributed by atoms with Crippen molar-refractivity contribution in [1.29, 1.82) is 0 Å². The molecule has 0 aromatic heterocycles. The van der Waals surface area contributed by atoms with Gasteiger partial charge in [-0.2, -0.15) is 8.42 Å². The molecule has 0 saturated carbocycles. The molecule has 4 heterocycles. The number of nitrogens with zero attached hydrogens (tertiary/aromatic N) is 1. The van der Waals surface area contributed by atoms with Gasteiger partial charge in [-0.3, -0.25) is 4.55 Å². The average molecular weight is 592 g/mol. The van der Waals surface area contributed by atoms with Crippen LogP contribution in [0.2, 0.25) is 0 Å². The number of aromatic hydroxyl groups is 1. The van der Waals surface area contributed by atoms with E-state index in [1.807, 2.05) is 49.4 Å². The molecule has 3 aromatic rings. The first kappa shape index (κ1) is 29.6. The number of hydrogen-bond donors (Lipinski definition) is 5. The van der Waals surface area contributed by atoms with E-state index < -0.39 is 33.6 Å². The Morgan fingerprint density at radius 2 is 1.60 bits per heavy atom. The van der Waals surface area contributed by atoms with E-state index in [-0.39, 0.29) is 30.0 Å². The molecule has 10 heteroatoms. The van der Waals surface area contributed by atoms with Gasteiger partial charge in [0.15, 0.2) is 5.96 Å². The Morgan fingerprint density at radius 3 is 2.19 bits per heavy atom. The van der Waals surface area contributed by atoms with Gasteiger partial charge in [-0.1, -0.05) is 61.5 Å². The van der Waals surface area contributed by atoms with Gasteiger partial charge in [0.1, 0.15) is 17.6 Å². The average Bonchev–Trinajstić information content (AvgIpc) is 2.97. The Labute approximate surface area is 246 Å². The topological polar surface area (TPSA) is 168 Å². The maximum atomic E-state index is 13.1. The zero-order valence-electron chi connectivity index (χ0n) is 23.4. The monoisotopic (exact) mass is 591 g/mol. The minimum atomic E-state index is -4.49. The first-order valence-corrected chi connectivity index (χ1v) is 15.6. The van der Waals surface area contributed by atoms with Gasteiger partial charge in [-0.15, -0.1) is 0 Å². The van der Waals surface area contributed by atoms with E-state index in [2.05, 4.69) is 4.99 Å². The lowest BCUT2D eigenvalue weighted by Crippen LogP contribution is -2.36. The molecule has 4 aliphatic heterocycles. The van der Waals surface area contributed by atoms with Crippen molar-refractivity contribution < 1.29 is 27.9 Å². The second-order valence-corrected chi connectivity index (χ2v) is 12.7. The number of aliphatic hydroxyl groups is 1. The molecule has 0 saturated heterocycles. The van der Waals surface area contributed by atoms with Gasteiger partial charge in [-0.25, -0.2) is 4.99 Å². The third kappa shape index (κ3) is 6.46. The first-order chi connectivity index (χ1) is 20.0. The summed E-state index contributed by atoms with van der Waals surface area (Å²) in [6, 6.07) is 21.3. The number of benzene rings is 3. The van der Waals surface area contributed by atoms with E-state index in [4.69, 9.17) is 16.2 Å². The number of guanidine groups is 1. The van der Waals surface area contributed by atoms with Crippen molar-refractivity contribution in [2.45, 2.75) is 62.0 Å². The summed E-state index contributed by atoms with van der Waals surface area (Å²) in [4.78, 5) is 4.28. The van der Waals surface area contributed by atoms with E-state index in [1.165, 1.54) is 12.1 Å². The second-order valence-electron chi connectivity index (χ2n) is 11.1. The molecule has 0 fully saturated rings. The standard InChI is InChI=1S/C32H37N3O6S/c1-2-19-18-29(42(38,39)40)28-17-24(30(37)22-7-12-25(36)13-8-22)11-16-27(28)21-3-5-23(6-4-21)31(35-32(33)34)41-26-14-9-20(19)10-15-26/h3-10,12-15,17,19,27-31,36-37H,2,11,16,18H2,1H3,(H4,33,34,35)(H,38,39,40). The highest BCUT2D eigenvalue weighted by atomic mass is 32.2. The molecule has 222 valence electrons. The molecule has 6 atom stereocenters. The lowest BCUT2D eigenvalue weighted by atomic mass is 9.72. The molecule has 4 bridgehead atoms. The third-order valence-electron chi connectivity index (χ3n) is 8.51. The largest absolute Gasteiger partial charge is 0.508 e. The van der Waals surface area contributed by atoms with Crippen LogP contribution in [0.5, 0.6) is 11.5 Å². The Hall–Kier alpha value is -3.86. The van der Waals surface area contributed by atoms with Crippen LogP contribution in [-0.4, -0.2) is 34.4 Å². The van der Waals surface area contributed by atoms with Crippen molar-refractivity contribution in [2.75, 3.05) is 0 Å². The van der Waals surface area contributed by atoms with Crippen molar-refractivity contribution in [3.63, 3.8) is 0 Å². The Kier molecular flexibility index (Phi) is 8.58. The van der Waals surface area contributed by atoms with E-state index in [0.717, 1.165) is 16.7 Å². The summed E-state index contributed by atoms with van der Waals surface area (Å²) < 4.78 is 43.0. The molecule has 0 amide bonds. The maximum absolute atomic E-state index is 13.1. The van der Waals surface area contributed by atoms with Crippen molar-refractivity contribution in [3.05, 3.63) is 107 Å². The number of phenolic OH excluding ortho intramolecular Hbond substituents is 1. The highest BCUT2D eigenvalue weighted by Gasteiger charge is 2.41. The van der Waals surface area contributed by atoms with Crippen molar-refractivity contribution in [2.24, 2.45) is 22.4 Å². The minimum Gasteiger partial charge on any atom is -0.508 e. The zero-order valence-corrected chi connectivity index (χ0v) is 24.2. The Bertz CT molecular complexity index is 1550. The molecule has 0 radical (unpaired) electrons. The predicted molar refractivity (Wildman–Crippen MR) is 162 cm³/mol. The summed E-state index contributed by atoms with van der Waals surface area (Å²) in [5, 5.41) is 19.9. The normalized spacial score (nSPS) is 24.8. The molecule has 1 aliphatic carbocycles. The lowest BCUT2D eigenvalue weighted by Gasteiger charge is -2.37. The van der Waals surface area contributed by atoms with E-state index in [0.29, 0.717) is 36.1 Å². The number of rotatable bonds is 5. The molecule has 7 N–H and O–H groups in total. The Morgan fingerprint density at radius 1 is 0.976 bits per heavy atom. The molecular formula is C32H37N3O6S. The van der Waals surface area contributed by atoms with Crippen molar-refractivity contribution in [3.8, 4) is 11.5 Å². The van der Waals surface area contributed by atoms with Crippen molar-refractivity contribution in [1.82, 2.24) is 0 Å². The molecule has 6 unspecified atom stereocenters. The number of aliphatic hydroxyl groups excluding tert-OH is 1. The van der Waals surface area contributed by atoms with Crippen LogP contribution in [0.15, 0.2) is 89.4 Å². The molecule has 8 rings (SSSR count). The fourth-order valence-electron chi connectivity index (χ4n) is 6.27. The lowest BCUT2D eigenvalue weighted by molar-refractivity contribution is 0.203.